The highest BCUT2D eigenvalue weighted by molar-refractivity contribution is 7.99. The molecule has 2 amide bonds. The summed E-state index contributed by atoms with van der Waals surface area (Å²) in [5, 5.41) is 6.18. The summed E-state index contributed by atoms with van der Waals surface area (Å²) in [6.07, 6.45) is 0.187. The van der Waals surface area contributed by atoms with E-state index in [1.54, 1.807) is 34.9 Å². The maximum absolute atomic E-state index is 12.5. The molecule has 142 valence electrons. The first-order chi connectivity index (χ1) is 12.8. The van der Waals surface area contributed by atoms with Crippen LogP contribution in [0.15, 0.2) is 40.3 Å². The van der Waals surface area contributed by atoms with Gasteiger partial charge in [-0.05, 0) is 24.1 Å². The summed E-state index contributed by atoms with van der Waals surface area (Å²) in [5.74, 6) is 0.463. The number of hydrogen-bond acceptors (Lipinski definition) is 5. The van der Waals surface area contributed by atoms with Crippen LogP contribution in [0.25, 0.3) is 0 Å². The van der Waals surface area contributed by atoms with Gasteiger partial charge >= 0.3 is 0 Å². The third-order valence-corrected chi connectivity index (χ3v) is 5.29. The van der Waals surface area contributed by atoms with Gasteiger partial charge in [0.1, 0.15) is 0 Å². The second-order valence-electron chi connectivity index (χ2n) is 6.81. The van der Waals surface area contributed by atoms with E-state index < -0.39 is 0 Å². The number of fused-ring (bicyclic) bond motifs is 1. The Morgan fingerprint density at radius 3 is 2.63 bits per heavy atom. The number of hydrogen-bond donors (Lipinski definition) is 2. The maximum atomic E-state index is 12.5. The smallest absolute Gasteiger partial charge is 0.254 e. The highest BCUT2D eigenvalue weighted by Crippen LogP contribution is 2.33. The Hall–Kier alpha value is -2.61. The highest BCUT2D eigenvalue weighted by Gasteiger charge is 2.28. The summed E-state index contributed by atoms with van der Waals surface area (Å²) in [7, 11) is 0. The van der Waals surface area contributed by atoms with E-state index in [-0.39, 0.29) is 35.8 Å². The van der Waals surface area contributed by atoms with Crippen LogP contribution >= 0.6 is 11.8 Å². The molecule has 1 aliphatic heterocycles. The van der Waals surface area contributed by atoms with Crippen LogP contribution in [0.4, 0.5) is 11.4 Å². The molecule has 3 rings (SSSR count). The molecule has 1 unspecified atom stereocenters. The summed E-state index contributed by atoms with van der Waals surface area (Å²) >= 11 is 1.50. The van der Waals surface area contributed by atoms with Crippen LogP contribution in [0, 0.1) is 0 Å². The van der Waals surface area contributed by atoms with Crippen LogP contribution in [0.3, 0.4) is 0 Å². The number of nitrogens with zero attached hydrogens (tertiary/aromatic N) is 2. The molecule has 1 atom stereocenters. The van der Waals surface area contributed by atoms with Crippen molar-refractivity contribution in [1.29, 1.82) is 0 Å². The molecule has 1 aliphatic rings. The van der Waals surface area contributed by atoms with Crippen molar-refractivity contribution in [2.24, 2.45) is 0 Å². The zero-order valence-electron chi connectivity index (χ0n) is 15.5. The van der Waals surface area contributed by atoms with Crippen molar-refractivity contribution < 1.29 is 9.59 Å². The number of nitrogens with one attached hydrogen (secondary N) is 2. The van der Waals surface area contributed by atoms with E-state index in [1.165, 1.54) is 18.7 Å². The average Bonchev–Trinajstić information content (AvgIpc) is 2.97. The van der Waals surface area contributed by atoms with E-state index in [0.717, 1.165) is 5.69 Å². The van der Waals surface area contributed by atoms with Crippen molar-refractivity contribution in [1.82, 2.24) is 9.55 Å². The molecule has 0 saturated heterocycles. The number of aromatic nitrogens is 2. The molecule has 2 N–H and O–H groups in total. The number of amides is 2. The van der Waals surface area contributed by atoms with E-state index >= 15 is 0 Å². The van der Waals surface area contributed by atoms with Crippen molar-refractivity contribution >= 4 is 35.0 Å². The van der Waals surface area contributed by atoms with Crippen molar-refractivity contribution in [2.45, 2.75) is 44.3 Å². The maximum Gasteiger partial charge on any atom is 0.254 e. The van der Waals surface area contributed by atoms with Crippen molar-refractivity contribution in [2.75, 3.05) is 16.4 Å². The minimum absolute atomic E-state index is 0.112. The fourth-order valence-electron chi connectivity index (χ4n) is 2.92. The van der Waals surface area contributed by atoms with Crippen LogP contribution in [-0.2, 0) is 9.59 Å². The van der Waals surface area contributed by atoms with Gasteiger partial charge in [-0.1, -0.05) is 31.7 Å². The van der Waals surface area contributed by atoms with E-state index in [9.17, 15) is 14.4 Å². The van der Waals surface area contributed by atoms with Crippen LogP contribution in [-0.4, -0.2) is 27.1 Å². The van der Waals surface area contributed by atoms with Gasteiger partial charge in [-0.2, -0.15) is 0 Å². The SMILES string of the molecule is CC(=O)Nc1cccc(NC(=O)CC2CSc3nc(C(C)C)cc(=O)n32)c1. The van der Waals surface area contributed by atoms with Crippen molar-refractivity contribution in [3.05, 3.63) is 46.4 Å². The second-order valence-corrected chi connectivity index (χ2v) is 7.79. The number of carbonyl (C=O) groups is 2. The lowest BCUT2D eigenvalue weighted by Crippen LogP contribution is -2.28. The molecule has 8 heteroatoms. The quantitative estimate of drug-likeness (QED) is 0.771. The molecule has 2 heterocycles. The van der Waals surface area contributed by atoms with Gasteiger partial charge < -0.3 is 10.6 Å². The van der Waals surface area contributed by atoms with Gasteiger partial charge in [-0.15, -0.1) is 0 Å². The fourth-order valence-corrected chi connectivity index (χ4v) is 4.08. The molecule has 0 aliphatic carbocycles. The zero-order valence-corrected chi connectivity index (χ0v) is 16.3. The summed E-state index contributed by atoms with van der Waals surface area (Å²) in [6.45, 7) is 5.42. The number of carbonyl (C=O) groups excluding carboxylic acids is 2. The number of benzene rings is 1. The molecule has 0 radical (unpaired) electrons. The molecule has 1 aromatic carbocycles. The molecule has 27 heavy (non-hydrogen) atoms. The van der Waals surface area contributed by atoms with Gasteiger partial charge in [0.25, 0.3) is 5.56 Å². The Bertz CT molecular complexity index is 939. The lowest BCUT2D eigenvalue weighted by Gasteiger charge is -2.14. The third-order valence-electron chi connectivity index (χ3n) is 4.19. The monoisotopic (exact) mass is 386 g/mol. The molecule has 0 saturated carbocycles. The van der Waals surface area contributed by atoms with Gasteiger partial charge in [0.15, 0.2) is 5.16 Å². The zero-order chi connectivity index (χ0) is 19.6. The lowest BCUT2D eigenvalue weighted by atomic mass is 10.1. The minimum atomic E-state index is -0.218. The largest absolute Gasteiger partial charge is 0.326 e. The van der Waals surface area contributed by atoms with Crippen molar-refractivity contribution in [3.63, 3.8) is 0 Å². The third kappa shape index (κ3) is 4.57. The topological polar surface area (TPSA) is 93.1 Å². The lowest BCUT2D eigenvalue weighted by molar-refractivity contribution is -0.117. The molecular formula is C19H22N4O3S. The predicted octanol–water partition coefficient (Wildman–Crippen LogP) is 3.00. The Labute approximate surface area is 161 Å². The molecule has 0 spiro atoms. The standard InChI is InChI=1S/C19H22N4O3S/c1-11(2)16-9-18(26)23-15(10-27-19(23)22-16)8-17(25)21-14-6-4-5-13(7-14)20-12(3)24/h4-7,9,11,15H,8,10H2,1-3H3,(H,20,24)(H,21,25). The molecule has 7 nitrogen and oxygen atoms in total. The molecule has 2 aromatic rings. The molecule has 0 fully saturated rings. The first-order valence-corrected chi connectivity index (χ1v) is 9.76. The number of anilines is 2. The summed E-state index contributed by atoms with van der Waals surface area (Å²) in [4.78, 5) is 40.6. The second kappa shape index (κ2) is 7.96. The van der Waals surface area contributed by atoms with E-state index in [1.807, 2.05) is 13.8 Å². The minimum Gasteiger partial charge on any atom is -0.326 e. The van der Waals surface area contributed by atoms with Gasteiger partial charge in [0, 0.05) is 36.5 Å². The van der Waals surface area contributed by atoms with E-state index in [4.69, 9.17) is 0 Å². The number of rotatable bonds is 5. The Balaban J connectivity index is 1.70. The predicted molar refractivity (Wildman–Crippen MR) is 106 cm³/mol. The van der Waals surface area contributed by atoms with Crippen molar-refractivity contribution in [3.8, 4) is 0 Å². The Kier molecular flexibility index (Phi) is 5.65. The normalized spacial score (nSPS) is 15.5. The highest BCUT2D eigenvalue weighted by atomic mass is 32.2. The molecular weight excluding hydrogens is 364 g/mol. The summed E-state index contributed by atoms with van der Waals surface area (Å²) < 4.78 is 1.61. The average molecular weight is 386 g/mol. The summed E-state index contributed by atoms with van der Waals surface area (Å²) in [6, 6.07) is 8.29. The van der Waals surface area contributed by atoms with Crippen LogP contribution in [0.2, 0.25) is 0 Å². The van der Waals surface area contributed by atoms with Crippen LogP contribution < -0.4 is 16.2 Å². The van der Waals surface area contributed by atoms with Gasteiger partial charge in [0.2, 0.25) is 11.8 Å². The first kappa shape index (κ1) is 19.2. The number of thioether (sulfide) groups is 1. The van der Waals surface area contributed by atoms with Crippen LogP contribution in [0.1, 0.15) is 44.8 Å². The molecule has 0 bridgehead atoms. The Morgan fingerprint density at radius 1 is 1.26 bits per heavy atom. The van der Waals surface area contributed by atoms with Gasteiger partial charge in [-0.25, -0.2) is 4.98 Å². The van der Waals surface area contributed by atoms with Gasteiger partial charge in [-0.3, -0.25) is 19.0 Å². The summed E-state index contributed by atoms with van der Waals surface area (Å²) in [5.41, 5.74) is 1.87. The first-order valence-electron chi connectivity index (χ1n) is 8.77. The molecule has 1 aromatic heterocycles. The van der Waals surface area contributed by atoms with Crippen LogP contribution in [0.5, 0.6) is 0 Å². The van der Waals surface area contributed by atoms with Gasteiger partial charge in [0.05, 0.1) is 11.7 Å². The fraction of sp³-hybridized carbons (Fsp3) is 0.368. The Morgan fingerprint density at radius 2 is 1.96 bits per heavy atom. The van der Waals surface area contributed by atoms with E-state index in [0.29, 0.717) is 22.3 Å². The van der Waals surface area contributed by atoms with E-state index in [2.05, 4.69) is 15.6 Å².